The van der Waals surface area contributed by atoms with Gasteiger partial charge < -0.3 is 29.1 Å². The van der Waals surface area contributed by atoms with Gasteiger partial charge in [-0.25, -0.2) is 0 Å². The summed E-state index contributed by atoms with van der Waals surface area (Å²) in [6, 6.07) is 11.3. The third-order valence-corrected chi connectivity index (χ3v) is 5.57. The minimum Gasteiger partial charge on any atom is -0.507 e. The summed E-state index contributed by atoms with van der Waals surface area (Å²) in [5, 5.41) is 11.2. The quantitative estimate of drug-likeness (QED) is 0.324. The van der Waals surface area contributed by atoms with Gasteiger partial charge in [0.05, 0.1) is 31.9 Å². The van der Waals surface area contributed by atoms with Crippen LogP contribution in [0, 0.1) is 0 Å². The van der Waals surface area contributed by atoms with Gasteiger partial charge in [-0.15, -0.1) is 0 Å². The Balaban J connectivity index is 2.16. The van der Waals surface area contributed by atoms with Gasteiger partial charge in [0.1, 0.15) is 11.5 Å². The summed E-state index contributed by atoms with van der Waals surface area (Å²) in [5.74, 6) is 0.119. The summed E-state index contributed by atoms with van der Waals surface area (Å²) >= 11 is 0. The summed E-state index contributed by atoms with van der Waals surface area (Å²) in [6.45, 7) is 5.53. The van der Waals surface area contributed by atoms with Gasteiger partial charge in [-0.3, -0.25) is 9.59 Å². The monoisotopic (exact) mass is 468 g/mol. The molecule has 0 aromatic heterocycles. The first-order valence-corrected chi connectivity index (χ1v) is 11.3. The van der Waals surface area contributed by atoms with Crippen molar-refractivity contribution in [2.75, 3.05) is 47.5 Å². The number of hydrogen-bond acceptors (Lipinski definition) is 7. The highest BCUT2D eigenvalue weighted by Gasteiger charge is 2.46. The average Bonchev–Trinajstić information content (AvgIpc) is 3.08. The third-order valence-electron chi connectivity index (χ3n) is 5.57. The minimum atomic E-state index is -0.767. The maximum absolute atomic E-state index is 13.2. The number of hydrogen-bond donors (Lipinski definition) is 1. The van der Waals surface area contributed by atoms with E-state index in [1.54, 1.807) is 49.6 Å². The number of aliphatic hydroxyl groups excluding tert-OH is 1. The molecule has 1 amide bonds. The van der Waals surface area contributed by atoms with E-state index < -0.39 is 17.7 Å². The number of Topliss-reactive ketones (excluding diaryl/α,β-unsaturated/α-hetero) is 1. The van der Waals surface area contributed by atoms with E-state index in [-0.39, 0.29) is 11.3 Å². The Bertz CT molecular complexity index is 1060. The highest BCUT2D eigenvalue weighted by molar-refractivity contribution is 6.46. The van der Waals surface area contributed by atoms with Crippen molar-refractivity contribution in [3.8, 4) is 17.2 Å². The van der Waals surface area contributed by atoms with Crippen molar-refractivity contribution in [1.82, 2.24) is 9.80 Å². The molecule has 1 atom stereocenters. The summed E-state index contributed by atoms with van der Waals surface area (Å²) in [5.41, 5.74) is 1.12. The van der Waals surface area contributed by atoms with Crippen molar-refractivity contribution in [3.05, 3.63) is 59.2 Å². The highest BCUT2D eigenvalue weighted by Crippen LogP contribution is 2.42. The Hall–Kier alpha value is -3.52. The SMILES string of the molecule is CCOc1ccc(C2/C(=C(/O)c3ccc(OC)cc3)C(=O)C(=O)N2CCN(C)C)cc1OCC. The molecule has 3 rings (SSSR count). The topological polar surface area (TPSA) is 88.5 Å². The smallest absolute Gasteiger partial charge is 0.295 e. The number of carbonyl (C=O) groups is 2. The van der Waals surface area contributed by atoms with Crippen LogP contribution in [-0.2, 0) is 9.59 Å². The predicted molar refractivity (Wildman–Crippen MR) is 129 cm³/mol. The van der Waals surface area contributed by atoms with Crippen LogP contribution < -0.4 is 14.2 Å². The summed E-state index contributed by atoms with van der Waals surface area (Å²) in [7, 11) is 5.34. The molecule has 8 heteroatoms. The van der Waals surface area contributed by atoms with Crippen LogP contribution >= 0.6 is 0 Å². The zero-order valence-electron chi connectivity index (χ0n) is 20.3. The van der Waals surface area contributed by atoms with Gasteiger partial charge in [-0.1, -0.05) is 6.07 Å². The van der Waals surface area contributed by atoms with E-state index in [1.165, 1.54) is 4.90 Å². The van der Waals surface area contributed by atoms with Gasteiger partial charge in [0, 0.05) is 18.7 Å². The number of benzene rings is 2. The zero-order valence-corrected chi connectivity index (χ0v) is 20.3. The Morgan fingerprint density at radius 2 is 1.65 bits per heavy atom. The van der Waals surface area contributed by atoms with Gasteiger partial charge in [0.25, 0.3) is 11.7 Å². The third kappa shape index (κ3) is 5.17. The predicted octanol–water partition coefficient (Wildman–Crippen LogP) is 3.48. The van der Waals surface area contributed by atoms with Gasteiger partial charge in [0.15, 0.2) is 11.5 Å². The molecule has 1 heterocycles. The first-order valence-electron chi connectivity index (χ1n) is 11.3. The molecule has 0 saturated carbocycles. The van der Waals surface area contributed by atoms with E-state index in [1.807, 2.05) is 32.8 Å². The van der Waals surface area contributed by atoms with Crippen LogP contribution in [0.25, 0.3) is 5.76 Å². The molecule has 0 spiro atoms. The number of carbonyl (C=O) groups excluding carboxylic acids is 2. The number of nitrogens with zero attached hydrogens (tertiary/aromatic N) is 2. The fourth-order valence-electron chi connectivity index (χ4n) is 3.91. The lowest BCUT2D eigenvalue weighted by molar-refractivity contribution is -0.140. The molecule has 8 nitrogen and oxygen atoms in total. The summed E-state index contributed by atoms with van der Waals surface area (Å²) in [6.07, 6.45) is 0. The highest BCUT2D eigenvalue weighted by atomic mass is 16.5. The van der Waals surface area contributed by atoms with Gasteiger partial charge >= 0.3 is 0 Å². The van der Waals surface area contributed by atoms with Crippen molar-refractivity contribution in [1.29, 1.82) is 0 Å². The molecule has 1 saturated heterocycles. The Morgan fingerprint density at radius 1 is 1.00 bits per heavy atom. The second-order valence-electron chi connectivity index (χ2n) is 8.10. The van der Waals surface area contributed by atoms with Crippen molar-refractivity contribution in [2.45, 2.75) is 19.9 Å². The normalized spacial score (nSPS) is 17.4. The fraction of sp³-hybridized carbons (Fsp3) is 0.385. The second kappa shape index (κ2) is 11.1. The van der Waals surface area contributed by atoms with E-state index >= 15 is 0 Å². The van der Waals surface area contributed by atoms with Crippen LogP contribution in [0.3, 0.4) is 0 Å². The van der Waals surface area contributed by atoms with Crippen LogP contribution in [-0.4, -0.2) is 74.1 Å². The standard InChI is InChI=1S/C26H32N2O6/c1-6-33-20-13-10-18(16-21(20)34-7-2)23-22(24(29)17-8-11-19(32-5)12-9-17)25(30)26(31)28(23)15-14-27(3)4/h8-13,16,23,29H,6-7,14-15H2,1-5H3/b24-22-. The Kier molecular flexibility index (Phi) is 8.17. The molecule has 1 unspecified atom stereocenters. The van der Waals surface area contributed by atoms with E-state index in [0.29, 0.717) is 54.7 Å². The molecule has 1 fully saturated rings. The molecular weight excluding hydrogens is 436 g/mol. The van der Waals surface area contributed by atoms with E-state index in [9.17, 15) is 14.7 Å². The molecule has 0 aliphatic carbocycles. The Morgan fingerprint density at radius 3 is 2.24 bits per heavy atom. The van der Waals surface area contributed by atoms with Crippen molar-refractivity contribution >= 4 is 17.4 Å². The molecule has 34 heavy (non-hydrogen) atoms. The van der Waals surface area contributed by atoms with Crippen molar-refractivity contribution in [2.24, 2.45) is 0 Å². The first kappa shape index (κ1) is 25.1. The number of ether oxygens (including phenoxy) is 3. The largest absolute Gasteiger partial charge is 0.507 e. The van der Waals surface area contributed by atoms with Crippen LogP contribution in [0.4, 0.5) is 0 Å². The molecular formula is C26H32N2O6. The van der Waals surface area contributed by atoms with Crippen LogP contribution in [0.15, 0.2) is 48.0 Å². The number of likely N-dealkylation sites (N-methyl/N-ethyl adjacent to an activating group) is 1. The van der Waals surface area contributed by atoms with E-state index in [0.717, 1.165) is 0 Å². The number of methoxy groups -OCH3 is 1. The minimum absolute atomic E-state index is 0.0422. The molecule has 2 aromatic rings. The molecule has 0 radical (unpaired) electrons. The number of amides is 1. The van der Waals surface area contributed by atoms with Gasteiger partial charge in [0.2, 0.25) is 0 Å². The van der Waals surface area contributed by atoms with Crippen molar-refractivity contribution in [3.63, 3.8) is 0 Å². The maximum Gasteiger partial charge on any atom is 0.295 e. The Labute approximate surface area is 200 Å². The van der Waals surface area contributed by atoms with Crippen molar-refractivity contribution < 1.29 is 28.9 Å². The average molecular weight is 469 g/mol. The number of aliphatic hydroxyl groups is 1. The van der Waals surface area contributed by atoms with Crippen LogP contribution in [0.5, 0.6) is 17.2 Å². The first-order chi connectivity index (χ1) is 16.3. The lowest BCUT2D eigenvalue weighted by Gasteiger charge is -2.27. The molecule has 182 valence electrons. The lowest BCUT2D eigenvalue weighted by atomic mass is 9.95. The summed E-state index contributed by atoms with van der Waals surface area (Å²) in [4.78, 5) is 29.7. The summed E-state index contributed by atoms with van der Waals surface area (Å²) < 4.78 is 16.6. The van der Waals surface area contributed by atoms with Gasteiger partial charge in [-0.05, 0) is 69.9 Å². The van der Waals surface area contributed by atoms with E-state index in [2.05, 4.69) is 0 Å². The second-order valence-corrected chi connectivity index (χ2v) is 8.10. The van der Waals surface area contributed by atoms with E-state index in [4.69, 9.17) is 14.2 Å². The number of likely N-dealkylation sites (tertiary alicyclic amines) is 1. The molecule has 1 aliphatic heterocycles. The van der Waals surface area contributed by atoms with Gasteiger partial charge in [-0.2, -0.15) is 0 Å². The zero-order chi connectivity index (χ0) is 24.8. The van der Waals surface area contributed by atoms with Crippen LogP contribution in [0.2, 0.25) is 0 Å². The number of rotatable bonds is 10. The van der Waals surface area contributed by atoms with Crippen LogP contribution in [0.1, 0.15) is 31.0 Å². The molecule has 1 N–H and O–H groups in total. The molecule has 2 aromatic carbocycles. The lowest BCUT2D eigenvalue weighted by Crippen LogP contribution is -2.35. The molecule has 1 aliphatic rings. The maximum atomic E-state index is 13.2. The fourth-order valence-corrected chi connectivity index (χ4v) is 3.91. The molecule has 0 bridgehead atoms. The number of ketones is 1.